The van der Waals surface area contributed by atoms with Crippen molar-refractivity contribution in [2.24, 2.45) is 0 Å². The Hall–Kier alpha value is -0.160. The van der Waals surface area contributed by atoms with Crippen molar-refractivity contribution in [1.29, 1.82) is 0 Å². The molecular weight excluding hydrogens is 160 g/mol. The van der Waals surface area contributed by atoms with E-state index in [9.17, 15) is 5.11 Å². The van der Waals surface area contributed by atoms with Gasteiger partial charge in [0, 0.05) is 20.1 Å². The van der Waals surface area contributed by atoms with Gasteiger partial charge < -0.3 is 20.1 Å². The molecule has 0 amide bonds. The molecule has 4 heteroatoms. The van der Waals surface area contributed by atoms with Crippen LogP contribution in [-0.2, 0) is 4.74 Å². The summed E-state index contributed by atoms with van der Waals surface area (Å²) in [5.74, 6) is 0. The second-order valence-corrected chi connectivity index (χ2v) is 3.18. The summed E-state index contributed by atoms with van der Waals surface area (Å²) < 4.78 is 5.03. The molecule has 0 aliphatic carbocycles. The van der Waals surface area contributed by atoms with E-state index in [1.165, 1.54) is 14.0 Å². The predicted molar refractivity (Wildman–Crippen MR) is 44.8 cm³/mol. The fourth-order valence-electron chi connectivity index (χ4n) is 1.10. The van der Waals surface area contributed by atoms with Crippen molar-refractivity contribution < 1.29 is 20.1 Å². The number of aliphatic hydroxyl groups is 3. The molecule has 0 aliphatic rings. The van der Waals surface area contributed by atoms with Crippen LogP contribution in [0.2, 0.25) is 0 Å². The highest BCUT2D eigenvalue weighted by Gasteiger charge is 2.35. The maximum Gasteiger partial charge on any atom is 0.108 e. The Kier molecular flexibility index (Phi) is 4.70. The standard InChI is InChI=1S/C8H18O4/c1-6(10)7(11)8(2,12-3)4-5-9/h6-7,9-11H,4-5H2,1-3H3/t6?,7?,8-/m0/s1. The molecule has 0 fully saturated rings. The molecule has 3 N–H and O–H groups in total. The van der Waals surface area contributed by atoms with Crippen molar-refractivity contribution in [3.63, 3.8) is 0 Å². The Balaban J connectivity index is 4.28. The minimum atomic E-state index is -0.977. The van der Waals surface area contributed by atoms with Crippen LogP contribution < -0.4 is 0 Å². The lowest BCUT2D eigenvalue weighted by Crippen LogP contribution is -2.47. The Labute approximate surface area is 72.8 Å². The fraction of sp³-hybridized carbons (Fsp3) is 1.00. The van der Waals surface area contributed by atoms with Crippen molar-refractivity contribution in [2.45, 2.75) is 38.1 Å². The van der Waals surface area contributed by atoms with Crippen LogP contribution in [0, 0.1) is 0 Å². The summed E-state index contributed by atoms with van der Waals surface area (Å²) in [6, 6.07) is 0. The van der Waals surface area contributed by atoms with Gasteiger partial charge in [-0.25, -0.2) is 0 Å². The van der Waals surface area contributed by atoms with E-state index >= 15 is 0 Å². The number of hydrogen-bond donors (Lipinski definition) is 3. The average molecular weight is 178 g/mol. The van der Waals surface area contributed by atoms with Gasteiger partial charge in [0.15, 0.2) is 0 Å². The van der Waals surface area contributed by atoms with E-state index in [4.69, 9.17) is 14.9 Å². The molecule has 0 aromatic heterocycles. The van der Waals surface area contributed by atoms with Gasteiger partial charge in [-0.15, -0.1) is 0 Å². The summed E-state index contributed by atoms with van der Waals surface area (Å²) in [6.07, 6.45) is -1.54. The van der Waals surface area contributed by atoms with Crippen LogP contribution in [0.4, 0.5) is 0 Å². The van der Waals surface area contributed by atoms with Crippen LogP contribution in [0.5, 0.6) is 0 Å². The van der Waals surface area contributed by atoms with Crippen LogP contribution in [0.3, 0.4) is 0 Å². The van der Waals surface area contributed by atoms with Crippen molar-refractivity contribution >= 4 is 0 Å². The Morgan fingerprint density at radius 1 is 1.42 bits per heavy atom. The van der Waals surface area contributed by atoms with E-state index < -0.39 is 17.8 Å². The SMILES string of the molecule is CO[C@@](C)(CCO)C(O)C(C)O. The lowest BCUT2D eigenvalue weighted by Gasteiger charge is -2.34. The number of ether oxygens (including phenoxy) is 1. The molecule has 0 heterocycles. The third-order valence-electron chi connectivity index (χ3n) is 2.16. The molecule has 4 nitrogen and oxygen atoms in total. The van der Waals surface area contributed by atoms with E-state index in [1.807, 2.05) is 0 Å². The molecule has 12 heavy (non-hydrogen) atoms. The van der Waals surface area contributed by atoms with Gasteiger partial charge in [0.25, 0.3) is 0 Å². The largest absolute Gasteiger partial charge is 0.396 e. The first-order valence-electron chi connectivity index (χ1n) is 4.00. The number of hydrogen-bond acceptors (Lipinski definition) is 4. The lowest BCUT2D eigenvalue weighted by molar-refractivity contribution is -0.137. The first kappa shape index (κ1) is 11.8. The maximum atomic E-state index is 9.49. The normalized spacial score (nSPS) is 21.5. The van der Waals surface area contributed by atoms with E-state index in [-0.39, 0.29) is 6.61 Å². The van der Waals surface area contributed by atoms with Crippen molar-refractivity contribution in [3.8, 4) is 0 Å². The molecule has 0 rings (SSSR count). The Bertz CT molecular complexity index is 126. The molecule has 0 aliphatic heterocycles. The van der Waals surface area contributed by atoms with Crippen LogP contribution in [0.1, 0.15) is 20.3 Å². The topological polar surface area (TPSA) is 69.9 Å². The zero-order valence-electron chi connectivity index (χ0n) is 7.82. The predicted octanol–water partition coefficient (Wildman–Crippen LogP) is -0.484. The van der Waals surface area contributed by atoms with Gasteiger partial charge in [-0.05, 0) is 13.8 Å². The van der Waals surface area contributed by atoms with E-state index in [1.54, 1.807) is 6.92 Å². The first-order valence-corrected chi connectivity index (χ1v) is 4.00. The molecule has 0 saturated carbocycles. The summed E-state index contributed by atoms with van der Waals surface area (Å²) in [6.45, 7) is 3.06. The van der Waals surface area contributed by atoms with Gasteiger partial charge in [-0.2, -0.15) is 0 Å². The number of rotatable bonds is 5. The minimum absolute atomic E-state index is 0.0753. The average Bonchev–Trinajstić information content (AvgIpc) is 2.03. The molecule has 2 unspecified atom stereocenters. The summed E-state index contributed by atoms with van der Waals surface area (Å²) in [7, 11) is 1.45. The maximum absolute atomic E-state index is 9.49. The molecule has 0 aromatic carbocycles. The van der Waals surface area contributed by atoms with Gasteiger partial charge in [-0.1, -0.05) is 0 Å². The summed E-state index contributed by atoms with van der Waals surface area (Å²) >= 11 is 0. The lowest BCUT2D eigenvalue weighted by atomic mass is 9.92. The fourth-order valence-corrected chi connectivity index (χ4v) is 1.10. The highest BCUT2D eigenvalue weighted by Crippen LogP contribution is 2.21. The zero-order chi connectivity index (χ0) is 9.78. The van der Waals surface area contributed by atoms with Crippen molar-refractivity contribution in [3.05, 3.63) is 0 Å². The number of aliphatic hydroxyl groups excluding tert-OH is 3. The Morgan fingerprint density at radius 3 is 2.17 bits per heavy atom. The third-order valence-corrected chi connectivity index (χ3v) is 2.16. The van der Waals surface area contributed by atoms with E-state index in [0.29, 0.717) is 6.42 Å². The van der Waals surface area contributed by atoms with E-state index in [2.05, 4.69) is 0 Å². The molecule has 3 atom stereocenters. The second-order valence-electron chi connectivity index (χ2n) is 3.18. The second kappa shape index (κ2) is 4.77. The Morgan fingerprint density at radius 2 is 1.92 bits per heavy atom. The molecule has 0 bridgehead atoms. The van der Waals surface area contributed by atoms with Crippen molar-refractivity contribution in [1.82, 2.24) is 0 Å². The van der Waals surface area contributed by atoms with Crippen molar-refractivity contribution in [2.75, 3.05) is 13.7 Å². The minimum Gasteiger partial charge on any atom is -0.396 e. The molecule has 0 spiro atoms. The molecule has 0 saturated heterocycles. The quantitative estimate of drug-likeness (QED) is 0.531. The van der Waals surface area contributed by atoms with Crippen LogP contribution in [0.25, 0.3) is 0 Å². The summed E-state index contributed by atoms with van der Waals surface area (Å²) in [5, 5.41) is 27.3. The monoisotopic (exact) mass is 178 g/mol. The molecular formula is C8H18O4. The third kappa shape index (κ3) is 2.71. The zero-order valence-corrected chi connectivity index (χ0v) is 7.82. The molecule has 74 valence electrons. The van der Waals surface area contributed by atoms with Gasteiger partial charge in [0.05, 0.1) is 11.7 Å². The summed E-state index contributed by atoms with van der Waals surface area (Å²) in [5.41, 5.74) is -0.872. The molecule has 0 aromatic rings. The summed E-state index contributed by atoms with van der Waals surface area (Å²) in [4.78, 5) is 0. The van der Waals surface area contributed by atoms with Gasteiger partial charge >= 0.3 is 0 Å². The number of methoxy groups -OCH3 is 1. The smallest absolute Gasteiger partial charge is 0.108 e. The van der Waals surface area contributed by atoms with Crippen LogP contribution >= 0.6 is 0 Å². The van der Waals surface area contributed by atoms with E-state index in [0.717, 1.165) is 0 Å². The van der Waals surface area contributed by atoms with Gasteiger partial charge in [-0.3, -0.25) is 0 Å². The molecule has 0 radical (unpaired) electrons. The van der Waals surface area contributed by atoms with Crippen LogP contribution in [0.15, 0.2) is 0 Å². The van der Waals surface area contributed by atoms with Crippen LogP contribution in [-0.4, -0.2) is 46.8 Å². The first-order chi connectivity index (χ1) is 5.48. The van der Waals surface area contributed by atoms with Gasteiger partial charge in [0.2, 0.25) is 0 Å². The highest BCUT2D eigenvalue weighted by atomic mass is 16.5. The highest BCUT2D eigenvalue weighted by molar-refractivity contribution is 4.86. The van der Waals surface area contributed by atoms with Gasteiger partial charge in [0.1, 0.15) is 6.10 Å².